The zero-order valence-electron chi connectivity index (χ0n) is 36.3. The van der Waals surface area contributed by atoms with Crippen molar-refractivity contribution in [2.75, 3.05) is 26.6 Å². The predicted octanol–water partition coefficient (Wildman–Crippen LogP) is 8.21. The minimum atomic E-state index is -1.20. The molecule has 5 aromatic rings. The molecule has 3 saturated heterocycles. The van der Waals surface area contributed by atoms with E-state index in [1.165, 1.54) is 18.7 Å². The minimum absolute atomic E-state index is 0.108. The van der Waals surface area contributed by atoms with E-state index in [2.05, 4.69) is 0 Å². The second-order valence-corrected chi connectivity index (χ2v) is 16.8. The molecule has 11 atom stereocenters. The van der Waals surface area contributed by atoms with E-state index in [1.54, 1.807) is 7.11 Å². The normalized spacial score (nSPS) is 27.9. The first-order valence-electron chi connectivity index (χ1n) is 21.6. The molecule has 338 valence electrons. The summed E-state index contributed by atoms with van der Waals surface area (Å²) in [5, 5.41) is 0. The van der Waals surface area contributed by atoms with Crippen LogP contribution in [0.15, 0.2) is 146 Å². The first-order chi connectivity index (χ1) is 31.4. The van der Waals surface area contributed by atoms with E-state index in [9.17, 15) is 4.79 Å². The summed E-state index contributed by atoms with van der Waals surface area (Å²) in [6.45, 7) is 2.70. The number of methoxy groups -OCH3 is 1. The molecule has 0 spiro atoms. The summed E-state index contributed by atoms with van der Waals surface area (Å²) in [6, 6.07) is 47.0. The molecule has 3 aliphatic rings. The monoisotopic (exact) mass is 892 g/mol. The fourth-order valence-corrected chi connectivity index (χ4v) is 8.90. The number of carbonyl (C=O) groups excluding carboxylic acids is 1. The topological polar surface area (TPSA) is 119 Å². The highest BCUT2D eigenvalue weighted by Gasteiger charge is 2.56. The summed E-state index contributed by atoms with van der Waals surface area (Å²) in [5.74, 6) is 0.198. The Morgan fingerprint density at radius 2 is 1.16 bits per heavy atom. The number of rotatable bonds is 19. The molecule has 12 nitrogen and oxygen atoms in total. The van der Waals surface area contributed by atoms with Gasteiger partial charge in [-0.1, -0.05) is 133 Å². The highest BCUT2D eigenvalue weighted by Crippen LogP contribution is 2.41. The Morgan fingerprint density at radius 3 is 1.73 bits per heavy atom. The quantitative estimate of drug-likeness (QED) is 0.0742. The number of ether oxygens (including phenoxy) is 11. The number of hydrogen-bond donors (Lipinski definition) is 0. The molecule has 0 amide bonds. The van der Waals surface area contributed by atoms with Crippen LogP contribution in [-0.4, -0.2) is 93.1 Å². The maximum Gasteiger partial charge on any atom is 0.303 e. The van der Waals surface area contributed by atoms with Gasteiger partial charge >= 0.3 is 5.97 Å². The summed E-state index contributed by atoms with van der Waals surface area (Å²) < 4.78 is 72.4. The van der Waals surface area contributed by atoms with Gasteiger partial charge in [0.05, 0.1) is 46.8 Å². The Morgan fingerprint density at radius 1 is 0.609 bits per heavy atom. The Balaban J connectivity index is 1.16. The van der Waals surface area contributed by atoms with Crippen LogP contribution in [0, 0.1) is 0 Å². The Kier molecular flexibility index (Phi) is 16.5. The highest BCUT2D eigenvalue weighted by atomic mass is 32.2. The number of esters is 1. The predicted molar refractivity (Wildman–Crippen MR) is 239 cm³/mol. The molecule has 0 N–H and O–H groups in total. The molecule has 0 aromatic heterocycles. The van der Waals surface area contributed by atoms with Crippen LogP contribution in [0.4, 0.5) is 0 Å². The van der Waals surface area contributed by atoms with Crippen molar-refractivity contribution in [3.8, 4) is 5.75 Å². The largest absolute Gasteiger partial charge is 0.497 e. The summed E-state index contributed by atoms with van der Waals surface area (Å²) >= 11 is 1.50. The summed E-state index contributed by atoms with van der Waals surface area (Å²) in [6.07, 6.45) is -6.20. The number of hydrogen-bond acceptors (Lipinski definition) is 13. The molecular weight excluding hydrogens is 837 g/mol. The van der Waals surface area contributed by atoms with Crippen molar-refractivity contribution in [1.29, 1.82) is 0 Å². The molecule has 13 heteroatoms. The van der Waals surface area contributed by atoms with Crippen molar-refractivity contribution in [1.82, 2.24) is 0 Å². The zero-order chi connectivity index (χ0) is 44.1. The molecular formula is C51H56O12S. The fraction of sp³-hybridized carbons (Fsp3) is 0.392. The van der Waals surface area contributed by atoms with Gasteiger partial charge in [-0.3, -0.25) is 4.79 Å². The van der Waals surface area contributed by atoms with Gasteiger partial charge in [0.2, 0.25) is 0 Å². The minimum Gasteiger partial charge on any atom is -0.497 e. The van der Waals surface area contributed by atoms with Crippen LogP contribution in [0.2, 0.25) is 0 Å². The van der Waals surface area contributed by atoms with Crippen molar-refractivity contribution in [2.45, 2.75) is 100 Å². The smallest absolute Gasteiger partial charge is 0.303 e. The lowest BCUT2D eigenvalue weighted by Crippen LogP contribution is -2.67. The summed E-state index contributed by atoms with van der Waals surface area (Å²) in [5.41, 5.74) is 4.15. The molecule has 0 radical (unpaired) electrons. The number of benzene rings is 5. The van der Waals surface area contributed by atoms with Gasteiger partial charge in [-0.15, -0.1) is 11.8 Å². The number of carbonyl (C=O) groups is 1. The lowest BCUT2D eigenvalue weighted by atomic mass is 9.95. The van der Waals surface area contributed by atoms with E-state index in [0.29, 0.717) is 6.61 Å². The number of thioether (sulfide) groups is 1. The van der Waals surface area contributed by atoms with E-state index in [-0.39, 0.29) is 33.0 Å². The van der Waals surface area contributed by atoms with Crippen LogP contribution in [0.1, 0.15) is 41.0 Å². The Labute approximate surface area is 379 Å². The molecule has 3 fully saturated rings. The van der Waals surface area contributed by atoms with Gasteiger partial charge in [-0.25, -0.2) is 0 Å². The molecule has 8 rings (SSSR count). The summed E-state index contributed by atoms with van der Waals surface area (Å²) in [7, 11) is 1.63. The SMILES string of the molecule is COc1ccc(CO[C@H]2[C@@H](O[C@H]3O[C@H](COCc4ccccc4)[C@@H](OCc4ccccc4)[C@H](OCc4ccccc4)[C@@H]3OC(C)=O)[C@@H]3O[C@H](c4ccccc4)OC[C@H]3O[C@@H]2SC)cc1. The third-order valence-corrected chi connectivity index (χ3v) is 12.2. The maximum absolute atomic E-state index is 13.2. The molecule has 3 heterocycles. The fourth-order valence-electron chi connectivity index (χ4n) is 8.15. The van der Waals surface area contributed by atoms with Gasteiger partial charge < -0.3 is 52.1 Å². The van der Waals surface area contributed by atoms with E-state index in [0.717, 1.165) is 33.6 Å². The van der Waals surface area contributed by atoms with E-state index < -0.39 is 72.8 Å². The van der Waals surface area contributed by atoms with Crippen molar-refractivity contribution in [2.24, 2.45) is 0 Å². The Bertz CT molecular complexity index is 2130. The van der Waals surface area contributed by atoms with E-state index >= 15 is 0 Å². The van der Waals surface area contributed by atoms with Crippen molar-refractivity contribution < 1.29 is 56.9 Å². The third kappa shape index (κ3) is 12.0. The van der Waals surface area contributed by atoms with Crippen molar-refractivity contribution in [3.63, 3.8) is 0 Å². The van der Waals surface area contributed by atoms with Crippen LogP contribution in [0.25, 0.3) is 0 Å². The molecule has 0 aliphatic carbocycles. The first kappa shape index (κ1) is 45.9. The standard InChI is InChI=1S/C51H56O12S/c1-34(52)59-47-45(56-30-37-20-12-6-13-21-37)43(55-29-36-18-10-5-11-19-36)41(32-54-28-35-16-8-4-9-17-35)60-50(47)63-46-44-42(33-58-49(62-44)39-22-14-7-15-23-39)61-51(64-3)48(46)57-31-38-24-26-40(53-2)27-25-38/h4-27,41-51H,28-33H2,1-3H3/t41-,42-,43-,44-,45+,46+,47+,48+,49-,50-,51-/m1/s1. The van der Waals surface area contributed by atoms with Crippen LogP contribution in [0.5, 0.6) is 5.75 Å². The lowest BCUT2D eigenvalue weighted by Gasteiger charge is -2.51. The molecule has 0 unspecified atom stereocenters. The van der Waals surface area contributed by atoms with Crippen molar-refractivity contribution >= 4 is 17.7 Å². The highest BCUT2D eigenvalue weighted by molar-refractivity contribution is 7.99. The van der Waals surface area contributed by atoms with E-state index in [1.807, 2.05) is 152 Å². The lowest BCUT2D eigenvalue weighted by molar-refractivity contribution is -0.374. The maximum atomic E-state index is 13.2. The zero-order valence-corrected chi connectivity index (χ0v) is 37.1. The second-order valence-electron chi connectivity index (χ2n) is 15.8. The summed E-state index contributed by atoms with van der Waals surface area (Å²) in [4.78, 5) is 13.2. The second kappa shape index (κ2) is 23.0. The average molecular weight is 893 g/mol. The molecule has 0 saturated carbocycles. The molecule has 3 aliphatic heterocycles. The first-order valence-corrected chi connectivity index (χ1v) is 22.9. The molecule has 0 bridgehead atoms. The third-order valence-electron chi connectivity index (χ3n) is 11.3. The van der Waals surface area contributed by atoms with Crippen molar-refractivity contribution in [3.05, 3.63) is 173 Å². The van der Waals surface area contributed by atoms with Gasteiger partial charge in [0.1, 0.15) is 53.9 Å². The van der Waals surface area contributed by atoms with Crippen LogP contribution in [0.3, 0.4) is 0 Å². The average Bonchev–Trinajstić information content (AvgIpc) is 3.34. The van der Waals surface area contributed by atoms with E-state index in [4.69, 9.17) is 52.1 Å². The van der Waals surface area contributed by atoms with Gasteiger partial charge in [-0.05, 0) is 40.6 Å². The molecule has 64 heavy (non-hydrogen) atoms. The van der Waals surface area contributed by atoms with Gasteiger partial charge in [0.25, 0.3) is 0 Å². The van der Waals surface area contributed by atoms with Crippen LogP contribution >= 0.6 is 11.8 Å². The Hall–Kier alpha value is -4.64. The molecule has 5 aromatic carbocycles. The van der Waals surface area contributed by atoms with Gasteiger partial charge in [-0.2, -0.15) is 0 Å². The van der Waals surface area contributed by atoms with Gasteiger partial charge in [0, 0.05) is 12.5 Å². The van der Waals surface area contributed by atoms with Crippen LogP contribution < -0.4 is 4.74 Å². The van der Waals surface area contributed by atoms with Gasteiger partial charge in [0.15, 0.2) is 18.7 Å². The number of fused-ring (bicyclic) bond motifs is 1. The van der Waals surface area contributed by atoms with Crippen LogP contribution in [-0.2, 0) is 78.6 Å².